The van der Waals surface area contributed by atoms with Crippen LogP contribution in [0.2, 0.25) is 0 Å². The summed E-state index contributed by atoms with van der Waals surface area (Å²) in [5.41, 5.74) is 0.567. The average Bonchev–Trinajstić information content (AvgIpc) is 2.49. The van der Waals surface area contributed by atoms with E-state index in [-0.39, 0.29) is 5.91 Å². The molecule has 4 heteroatoms. The maximum Gasteiger partial charge on any atom is 0.273 e. The minimum absolute atomic E-state index is 0.0400. The number of fused-ring (bicyclic) bond motifs is 1. The van der Waals surface area contributed by atoms with Gasteiger partial charge in [-0.05, 0) is 23.8 Å². The van der Waals surface area contributed by atoms with Crippen LogP contribution in [0.25, 0.3) is 10.8 Å². The second-order valence-corrected chi connectivity index (χ2v) is 6.59. The summed E-state index contributed by atoms with van der Waals surface area (Å²) in [6.45, 7) is 3.79. The topological polar surface area (TPSA) is 33.2 Å². The van der Waals surface area contributed by atoms with E-state index >= 15 is 0 Å². The summed E-state index contributed by atoms with van der Waals surface area (Å²) in [7, 11) is 0. The Balaban J connectivity index is 1.93. The van der Waals surface area contributed by atoms with E-state index in [9.17, 15) is 4.79 Å². The summed E-state index contributed by atoms with van der Waals surface area (Å²) in [4.78, 5) is 19.3. The zero-order chi connectivity index (χ0) is 14.1. The standard InChI is InChI=1S/C16H17BrN2O/c1-11-7-9-19(10-14(11)17)16(20)15-13-5-3-2-4-12(13)6-8-18-15/h2-6,8,11,14H,7,9-10H2,1H3. The minimum Gasteiger partial charge on any atom is -0.336 e. The van der Waals surface area contributed by atoms with E-state index in [1.807, 2.05) is 35.2 Å². The molecule has 0 saturated carbocycles. The molecule has 0 aliphatic carbocycles. The van der Waals surface area contributed by atoms with Crippen molar-refractivity contribution >= 4 is 32.6 Å². The van der Waals surface area contributed by atoms with Gasteiger partial charge in [0, 0.05) is 29.5 Å². The number of amides is 1. The number of likely N-dealkylation sites (tertiary alicyclic amines) is 1. The summed E-state index contributed by atoms with van der Waals surface area (Å²) >= 11 is 3.67. The number of carbonyl (C=O) groups excluding carboxylic acids is 1. The van der Waals surface area contributed by atoms with Gasteiger partial charge in [-0.15, -0.1) is 0 Å². The van der Waals surface area contributed by atoms with Gasteiger partial charge in [0.2, 0.25) is 0 Å². The number of nitrogens with zero attached hydrogens (tertiary/aromatic N) is 2. The van der Waals surface area contributed by atoms with Crippen LogP contribution in [0.3, 0.4) is 0 Å². The van der Waals surface area contributed by atoms with Crippen molar-refractivity contribution < 1.29 is 4.79 Å². The minimum atomic E-state index is 0.0400. The number of benzene rings is 1. The van der Waals surface area contributed by atoms with Crippen LogP contribution in [0.15, 0.2) is 36.5 Å². The number of aromatic nitrogens is 1. The van der Waals surface area contributed by atoms with Crippen molar-refractivity contribution in [1.82, 2.24) is 9.88 Å². The highest BCUT2D eigenvalue weighted by Gasteiger charge is 2.28. The zero-order valence-corrected chi connectivity index (χ0v) is 13.0. The van der Waals surface area contributed by atoms with E-state index in [2.05, 4.69) is 27.8 Å². The van der Waals surface area contributed by atoms with Gasteiger partial charge in [-0.1, -0.05) is 47.1 Å². The largest absolute Gasteiger partial charge is 0.336 e. The normalized spacial score (nSPS) is 23.0. The first-order valence-corrected chi connectivity index (χ1v) is 7.85. The number of piperidine rings is 1. The lowest BCUT2D eigenvalue weighted by Gasteiger charge is -2.34. The van der Waals surface area contributed by atoms with E-state index in [1.54, 1.807) is 6.20 Å². The molecule has 3 nitrogen and oxygen atoms in total. The van der Waals surface area contributed by atoms with E-state index < -0.39 is 0 Å². The number of alkyl halides is 1. The molecule has 104 valence electrons. The fraction of sp³-hybridized carbons (Fsp3) is 0.375. The fourth-order valence-corrected chi connectivity index (χ4v) is 3.26. The van der Waals surface area contributed by atoms with Crippen molar-refractivity contribution in [3.05, 3.63) is 42.2 Å². The van der Waals surface area contributed by atoms with Crippen LogP contribution in [0, 0.1) is 5.92 Å². The number of hydrogen-bond donors (Lipinski definition) is 0. The maximum atomic E-state index is 12.7. The summed E-state index contributed by atoms with van der Waals surface area (Å²) in [5, 5.41) is 2.00. The molecule has 1 amide bonds. The van der Waals surface area contributed by atoms with Gasteiger partial charge in [0.1, 0.15) is 5.69 Å². The van der Waals surface area contributed by atoms with Gasteiger partial charge in [0.05, 0.1) is 0 Å². The van der Waals surface area contributed by atoms with Gasteiger partial charge in [-0.25, -0.2) is 0 Å². The number of rotatable bonds is 1. The van der Waals surface area contributed by atoms with Crippen LogP contribution in [-0.2, 0) is 0 Å². The summed E-state index contributed by atoms with van der Waals surface area (Å²) in [6.07, 6.45) is 2.75. The lowest BCUT2D eigenvalue weighted by Crippen LogP contribution is -2.43. The third-order valence-corrected chi connectivity index (χ3v) is 5.22. The van der Waals surface area contributed by atoms with Crippen molar-refractivity contribution in [2.45, 2.75) is 18.2 Å². The lowest BCUT2D eigenvalue weighted by atomic mass is 9.98. The van der Waals surface area contributed by atoms with Crippen LogP contribution >= 0.6 is 15.9 Å². The molecule has 1 aromatic heterocycles. The van der Waals surface area contributed by atoms with E-state index in [4.69, 9.17) is 0 Å². The van der Waals surface area contributed by atoms with Gasteiger partial charge in [0.25, 0.3) is 5.91 Å². The molecule has 0 spiro atoms. The molecular formula is C16H17BrN2O. The van der Waals surface area contributed by atoms with Crippen LogP contribution < -0.4 is 0 Å². The van der Waals surface area contributed by atoms with Crippen molar-refractivity contribution in [2.75, 3.05) is 13.1 Å². The molecule has 2 atom stereocenters. The van der Waals surface area contributed by atoms with Crippen LogP contribution in [0.5, 0.6) is 0 Å². The molecule has 0 radical (unpaired) electrons. The smallest absolute Gasteiger partial charge is 0.273 e. The van der Waals surface area contributed by atoms with E-state index in [0.29, 0.717) is 16.4 Å². The Morgan fingerprint density at radius 3 is 2.95 bits per heavy atom. The highest BCUT2D eigenvalue weighted by molar-refractivity contribution is 9.09. The first-order chi connectivity index (χ1) is 9.66. The summed E-state index contributed by atoms with van der Waals surface area (Å²) < 4.78 is 0. The Morgan fingerprint density at radius 2 is 2.15 bits per heavy atom. The zero-order valence-electron chi connectivity index (χ0n) is 11.4. The number of hydrogen-bond acceptors (Lipinski definition) is 2. The number of pyridine rings is 1. The summed E-state index contributed by atoms with van der Waals surface area (Å²) in [5.74, 6) is 0.651. The molecule has 20 heavy (non-hydrogen) atoms. The lowest BCUT2D eigenvalue weighted by molar-refractivity contribution is 0.0702. The quantitative estimate of drug-likeness (QED) is 0.749. The van der Waals surface area contributed by atoms with Crippen molar-refractivity contribution in [3.63, 3.8) is 0 Å². The van der Waals surface area contributed by atoms with Gasteiger partial charge in [0.15, 0.2) is 0 Å². The second kappa shape index (κ2) is 5.52. The molecule has 2 aromatic rings. The Morgan fingerprint density at radius 1 is 1.35 bits per heavy atom. The molecule has 3 rings (SSSR count). The predicted octanol–water partition coefficient (Wildman–Crippen LogP) is 3.48. The third-order valence-electron chi connectivity index (χ3n) is 4.03. The van der Waals surface area contributed by atoms with Crippen molar-refractivity contribution in [2.24, 2.45) is 5.92 Å². The molecule has 0 N–H and O–H groups in total. The maximum absolute atomic E-state index is 12.7. The third kappa shape index (κ3) is 2.44. The first-order valence-electron chi connectivity index (χ1n) is 6.94. The highest BCUT2D eigenvalue weighted by Crippen LogP contribution is 2.25. The Kier molecular flexibility index (Phi) is 3.74. The second-order valence-electron chi connectivity index (χ2n) is 5.41. The Hall–Kier alpha value is -1.42. The van der Waals surface area contributed by atoms with Gasteiger partial charge >= 0.3 is 0 Å². The van der Waals surface area contributed by atoms with Crippen molar-refractivity contribution in [3.8, 4) is 0 Å². The number of halogens is 1. The average molecular weight is 333 g/mol. The van der Waals surface area contributed by atoms with Crippen LogP contribution in [-0.4, -0.2) is 33.7 Å². The van der Waals surface area contributed by atoms with E-state index in [1.165, 1.54) is 0 Å². The summed E-state index contributed by atoms with van der Waals surface area (Å²) in [6, 6.07) is 9.85. The Bertz CT molecular complexity index is 638. The molecule has 1 saturated heterocycles. The molecule has 2 unspecified atom stereocenters. The number of carbonyl (C=O) groups is 1. The fourth-order valence-electron chi connectivity index (χ4n) is 2.65. The van der Waals surface area contributed by atoms with Gasteiger partial charge < -0.3 is 4.90 Å². The first kappa shape index (κ1) is 13.6. The molecule has 1 aromatic carbocycles. The molecule has 1 aliphatic heterocycles. The molecule has 1 fully saturated rings. The van der Waals surface area contributed by atoms with Crippen molar-refractivity contribution in [1.29, 1.82) is 0 Å². The molecule has 1 aliphatic rings. The highest BCUT2D eigenvalue weighted by atomic mass is 79.9. The Labute approximate surface area is 127 Å². The molecule has 2 heterocycles. The van der Waals surface area contributed by atoms with Crippen LogP contribution in [0.4, 0.5) is 0 Å². The monoisotopic (exact) mass is 332 g/mol. The SMILES string of the molecule is CC1CCN(C(=O)c2nccc3ccccc23)CC1Br. The molecule has 0 bridgehead atoms. The van der Waals surface area contributed by atoms with E-state index in [0.717, 1.165) is 30.3 Å². The predicted molar refractivity (Wildman–Crippen MR) is 84.1 cm³/mol. The molecular weight excluding hydrogens is 316 g/mol. The van der Waals surface area contributed by atoms with Gasteiger partial charge in [-0.3, -0.25) is 9.78 Å². The van der Waals surface area contributed by atoms with Crippen LogP contribution in [0.1, 0.15) is 23.8 Å². The van der Waals surface area contributed by atoms with Gasteiger partial charge in [-0.2, -0.15) is 0 Å².